The minimum absolute atomic E-state index is 0.0727. The quantitative estimate of drug-likeness (QED) is 0.832. The van der Waals surface area contributed by atoms with Crippen LogP contribution >= 0.6 is 0 Å². The van der Waals surface area contributed by atoms with Crippen molar-refractivity contribution in [2.24, 2.45) is 5.73 Å². The van der Waals surface area contributed by atoms with Crippen LogP contribution in [0.4, 0.5) is 13.2 Å². The standard InChI is InChI=1S/C13H14F3N3O3S/c1-19(11(8-12(18)20)13(14,15)16)23(21,22)10-4-2-3-9(7-10)5-6-17/h2-4,7,11H,5,8H2,1H3,(H2,18,20). The van der Waals surface area contributed by atoms with Gasteiger partial charge in [-0.15, -0.1) is 0 Å². The summed E-state index contributed by atoms with van der Waals surface area (Å²) >= 11 is 0. The average molecular weight is 349 g/mol. The van der Waals surface area contributed by atoms with E-state index < -0.39 is 39.5 Å². The molecule has 2 N–H and O–H groups in total. The first-order chi connectivity index (χ1) is 10.5. The Morgan fingerprint density at radius 2 is 2.04 bits per heavy atom. The van der Waals surface area contributed by atoms with Crippen molar-refractivity contribution in [3.63, 3.8) is 0 Å². The summed E-state index contributed by atoms with van der Waals surface area (Å²) in [6.45, 7) is 0. The van der Waals surface area contributed by atoms with Crippen molar-refractivity contribution < 1.29 is 26.4 Å². The Kier molecular flexibility index (Phi) is 5.74. The van der Waals surface area contributed by atoms with Crippen LogP contribution in [-0.4, -0.2) is 37.9 Å². The van der Waals surface area contributed by atoms with Crippen molar-refractivity contribution >= 4 is 15.9 Å². The number of benzene rings is 1. The number of nitrogens with two attached hydrogens (primary N) is 1. The smallest absolute Gasteiger partial charge is 0.370 e. The summed E-state index contributed by atoms with van der Waals surface area (Å²) < 4.78 is 63.8. The van der Waals surface area contributed by atoms with Gasteiger partial charge in [0.05, 0.1) is 23.8 Å². The molecule has 0 aliphatic heterocycles. The topological polar surface area (TPSA) is 104 Å². The van der Waals surface area contributed by atoms with Gasteiger partial charge in [-0.05, 0) is 17.7 Å². The Bertz CT molecular complexity index is 726. The molecule has 126 valence electrons. The third-order valence-electron chi connectivity index (χ3n) is 3.07. The molecule has 0 spiro atoms. The van der Waals surface area contributed by atoms with Crippen LogP contribution in [0.1, 0.15) is 12.0 Å². The molecule has 0 heterocycles. The first-order valence-electron chi connectivity index (χ1n) is 6.29. The highest BCUT2D eigenvalue weighted by Gasteiger charge is 2.47. The van der Waals surface area contributed by atoms with Crippen molar-refractivity contribution in [3.8, 4) is 6.07 Å². The number of carbonyl (C=O) groups is 1. The van der Waals surface area contributed by atoms with Gasteiger partial charge in [0.2, 0.25) is 15.9 Å². The van der Waals surface area contributed by atoms with Gasteiger partial charge in [0.15, 0.2) is 0 Å². The first kappa shape index (κ1) is 18.9. The molecule has 1 unspecified atom stereocenters. The second-order valence-corrected chi connectivity index (χ2v) is 6.73. The van der Waals surface area contributed by atoms with Gasteiger partial charge in [0.25, 0.3) is 0 Å². The van der Waals surface area contributed by atoms with Gasteiger partial charge in [0, 0.05) is 7.05 Å². The summed E-state index contributed by atoms with van der Waals surface area (Å²) in [5, 5.41) is 8.61. The monoisotopic (exact) mass is 349 g/mol. The highest BCUT2D eigenvalue weighted by Crippen LogP contribution is 2.30. The van der Waals surface area contributed by atoms with E-state index in [1.165, 1.54) is 12.1 Å². The van der Waals surface area contributed by atoms with Crippen LogP contribution in [0.25, 0.3) is 0 Å². The van der Waals surface area contributed by atoms with Gasteiger partial charge in [-0.1, -0.05) is 12.1 Å². The summed E-state index contributed by atoms with van der Waals surface area (Å²) in [4.78, 5) is 10.4. The van der Waals surface area contributed by atoms with E-state index in [2.05, 4.69) is 0 Å². The minimum atomic E-state index is -4.96. The summed E-state index contributed by atoms with van der Waals surface area (Å²) in [6.07, 6.45) is -6.23. The molecule has 0 aliphatic carbocycles. The summed E-state index contributed by atoms with van der Waals surface area (Å²) in [5.41, 5.74) is 5.12. The zero-order valence-electron chi connectivity index (χ0n) is 12.0. The van der Waals surface area contributed by atoms with Crippen molar-refractivity contribution in [3.05, 3.63) is 29.8 Å². The molecule has 0 bridgehead atoms. The first-order valence-corrected chi connectivity index (χ1v) is 7.73. The molecule has 0 saturated carbocycles. The van der Waals surface area contributed by atoms with Crippen LogP contribution in [0.15, 0.2) is 29.2 Å². The number of alkyl halides is 3. The maximum Gasteiger partial charge on any atom is 0.405 e. The van der Waals surface area contributed by atoms with E-state index in [1.54, 1.807) is 0 Å². The maximum atomic E-state index is 13.0. The molecule has 1 aromatic carbocycles. The molecule has 1 aromatic rings. The molecule has 1 rings (SSSR count). The van der Waals surface area contributed by atoms with Gasteiger partial charge >= 0.3 is 6.18 Å². The molecule has 0 radical (unpaired) electrons. The van der Waals surface area contributed by atoms with Crippen LogP contribution in [-0.2, 0) is 21.2 Å². The van der Waals surface area contributed by atoms with Gasteiger partial charge in [-0.3, -0.25) is 4.79 Å². The van der Waals surface area contributed by atoms with Gasteiger partial charge in [-0.2, -0.15) is 22.7 Å². The Labute approximate surface area is 131 Å². The summed E-state index contributed by atoms with van der Waals surface area (Å²) in [7, 11) is -3.78. The van der Waals surface area contributed by atoms with Crippen LogP contribution in [0, 0.1) is 11.3 Å². The number of nitriles is 1. The lowest BCUT2D eigenvalue weighted by molar-refractivity contribution is -0.172. The number of carbonyl (C=O) groups excluding carboxylic acids is 1. The lowest BCUT2D eigenvalue weighted by Gasteiger charge is -2.28. The molecule has 23 heavy (non-hydrogen) atoms. The number of hydrogen-bond donors (Lipinski definition) is 1. The van der Waals surface area contributed by atoms with E-state index in [1.807, 2.05) is 6.07 Å². The third-order valence-corrected chi connectivity index (χ3v) is 4.93. The zero-order chi connectivity index (χ0) is 17.8. The van der Waals surface area contributed by atoms with Crippen LogP contribution in [0.2, 0.25) is 0 Å². The van der Waals surface area contributed by atoms with E-state index in [-0.39, 0.29) is 10.7 Å². The van der Waals surface area contributed by atoms with Crippen molar-refractivity contribution in [2.45, 2.75) is 30.0 Å². The highest BCUT2D eigenvalue weighted by molar-refractivity contribution is 7.89. The van der Waals surface area contributed by atoms with Crippen molar-refractivity contribution in [1.29, 1.82) is 5.26 Å². The van der Waals surface area contributed by atoms with Gasteiger partial charge in [-0.25, -0.2) is 8.42 Å². The molecular formula is C13H14F3N3O3S. The number of nitrogens with zero attached hydrogens (tertiary/aromatic N) is 2. The molecule has 0 aliphatic rings. The van der Waals surface area contributed by atoms with E-state index in [4.69, 9.17) is 11.0 Å². The number of hydrogen-bond acceptors (Lipinski definition) is 4. The molecule has 6 nitrogen and oxygen atoms in total. The summed E-state index contributed by atoms with van der Waals surface area (Å²) in [6, 6.07) is 4.29. The number of sulfonamides is 1. The molecule has 10 heteroatoms. The van der Waals surface area contributed by atoms with Crippen LogP contribution in [0.5, 0.6) is 0 Å². The van der Waals surface area contributed by atoms with Crippen LogP contribution < -0.4 is 5.73 Å². The van der Waals surface area contributed by atoms with Crippen LogP contribution in [0.3, 0.4) is 0 Å². The average Bonchev–Trinajstić information content (AvgIpc) is 2.43. The number of rotatable bonds is 6. The lowest BCUT2D eigenvalue weighted by atomic mass is 10.2. The third kappa shape index (κ3) is 4.67. The number of primary amides is 1. The van der Waals surface area contributed by atoms with Gasteiger partial charge < -0.3 is 5.73 Å². The second kappa shape index (κ2) is 6.97. The lowest BCUT2D eigenvalue weighted by Crippen LogP contribution is -2.48. The molecule has 1 amide bonds. The SMILES string of the molecule is CN(C(CC(N)=O)C(F)(F)F)S(=O)(=O)c1cccc(CC#N)c1. The Balaban J connectivity index is 3.26. The van der Waals surface area contributed by atoms with Crippen molar-refractivity contribution in [1.82, 2.24) is 4.31 Å². The van der Waals surface area contributed by atoms with E-state index in [9.17, 15) is 26.4 Å². The largest absolute Gasteiger partial charge is 0.405 e. The van der Waals surface area contributed by atoms with E-state index >= 15 is 0 Å². The number of halogens is 3. The summed E-state index contributed by atoms with van der Waals surface area (Å²) in [5.74, 6) is -1.27. The normalized spacial score (nSPS) is 13.6. The molecule has 0 aromatic heterocycles. The number of amides is 1. The molecule has 0 saturated heterocycles. The second-order valence-electron chi connectivity index (χ2n) is 4.73. The van der Waals surface area contributed by atoms with E-state index in [0.717, 1.165) is 19.2 Å². The van der Waals surface area contributed by atoms with Gasteiger partial charge in [0.1, 0.15) is 6.04 Å². The molecule has 0 fully saturated rings. The Morgan fingerprint density at radius 3 is 2.52 bits per heavy atom. The fourth-order valence-corrected chi connectivity index (χ4v) is 3.29. The Morgan fingerprint density at radius 1 is 1.43 bits per heavy atom. The fraction of sp³-hybridized carbons (Fsp3) is 0.385. The molecule has 1 atom stereocenters. The highest BCUT2D eigenvalue weighted by atomic mass is 32.2. The molecular weight excluding hydrogens is 335 g/mol. The predicted molar refractivity (Wildman–Crippen MR) is 74.4 cm³/mol. The van der Waals surface area contributed by atoms with E-state index in [0.29, 0.717) is 5.56 Å². The predicted octanol–water partition coefficient (Wildman–Crippen LogP) is 1.18. The van der Waals surface area contributed by atoms with Crippen molar-refractivity contribution in [2.75, 3.05) is 7.05 Å². The Hall–Kier alpha value is -2.12. The minimum Gasteiger partial charge on any atom is -0.370 e. The fourth-order valence-electron chi connectivity index (χ4n) is 1.88. The zero-order valence-corrected chi connectivity index (χ0v) is 12.9. The maximum absolute atomic E-state index is 13.0.